The fourth-order valence-corrected chi connectivity index (χ4v) is 2.82. The largest absolute Gasteiger partial charge is 0.490 e. The number of aryl methyl sites for hydroxylation is 1. The van der Waals surface area contributed by atoms with E-state index in [9.17, 15) is 19.7 Å². The molecule has 1 amide bonds. The van der Waals surface area contributed by atoms with Crippen molar-refractivity contribution < 1.29 is 28.7 Å². The first kappa shape index (κ1) is 23.2. The number of amides is 1. The third-order valence-electron chi connectivity index (χ3n) is 3.87. The summed E-state index contributed by atoms with van der Waals surface area (Å²) < 4.78 is 15.3. The van der Waals surface area contributed by atoms with Gasteiger partial charge in [0.1, 0.15) is 5.75 Å². The summed E-state index contributed by atoms with van der Waals surface area (Å²) in [6.45, 7) is 2.44. The topological polar surface area (TPSA) is 117 Å². The van der Waals surface area contributed by atoms with Crippen LogP contribution in [0.15, 0.2) is 30.3 Å². The van der Waals surface area contributed by atoms with Crippen molar-refractivity contribution >= 4 is 46.5 Å². The van der Waals surface area contributed by atoms with Gasteiger partial charge in [-0.3, -0.25) is 14.9 Å². The molecular formula is C19H18Cl2N2O7. The van der Waals surface area contributed by atoms with Gasteiger partial charge in [-0.25, -0.2) is 4.79 Å². The van der Waals surface area contributed by atoms with Crippen LogP contribution in [-0.2, 0) is 14.3 Å². The van der Waals surface area contributed by atoms with Crippen molar-refractivity contribution in [1.29, 1.82) is 0 Å². The SMILES string of the molecule is COc1cc(NC(=O)COC(=O)[C@H](C)Oc2ccc(Cl)cc2Cl)c(C)cc1[N+](=O)[O-]. The van der Waals surface area contributed by atoms with Gasteiger partial charge in [0.25, 0.3) is 5.91 Å². The minimum atomic E-state index is -1.03. The van der Waals surface area contributed by atoms with Crippen LogP contribution in [0.1, 0.15) is 12.5 Å². The highest BCUT2D eigenvalue weighted by Crippen LogP contribution is 2.32. The molecule has 0 unspecified atom stereocenters. The van der Waals surface area contributed by atoms with Gasteiger partial charge in [0.05, 0.1) is 17.1 Å². The van der Waals surface area contributed by atoms with Gasteiger partial charge in [0.15, 0.2) is 18.5 Å². The summed E-state index contributed by atoms with van der Waals surface area (Å²) in [6.07, 6.45) is -1.03. The molecular weight excluding hydrogens is 439 g/mol. The number of nitro groups is 1. The van der Waals surface area contributed by atoms with Gasteiger partial charge in [-0.2, -0.15) is 0 Å². The lowest BCUT2D eigenvalue weighted by Gasteiger charge is -2.15. The van der Waals surface area contributed by atoms with E-state index in [0.717, 1.165) is 0 Å². The summed E-state index contributed by atoms with van der Waals surface area (Å²) in [7, 11) is 1.28. The molecule has 1 N–H and O–H groups in total. The fraction of sp³-hybridized carbons (Fsp3) is 0.263. The molecule has 0 bridgehead atoms. The molecule has 1 atom stereocenters. The predicted molar refractivity (Wildman–Crippen MR) is 111 cm³/mol. The van der Waals surface area contributed by atoms with Gasteiger partial charge in [0, 0.05) is 22.8 Å². The number of nitrogens with one attached hydrogen (secondary N) is 1. The van der Waals surface area contributed by atoms with Crippen LogP contribution in [0, 0.1) is 17.0 Å². The van der Waals surface area contributed by atoms with E-state index in [4.69, 9.17) is 37.4 Å². The first-order chi connectivity index (χ1) is 14.1. The maximum atomic E-state index is 12.1. The highest BCUT2D eigenvalue weighted by molar-refractivity contribution is 6.35. The van der Waals surface area contributed by atoms with Gasteiger partial charge in [-0.1, -0.05) is 23.2 Å². The molecule has 11 heteroatoms. The van der Waals surface area contributed by atoms with E-state index in [1.807, 2.05) is 0 Å². The average molecular weight is 457 g/mol. The van der Waals surface area contributed by atoms with Gasteiger partial charge in [-0.15, -0.1) is 0 Å². The third kappa shape index (κ3) is 5.98. The van der Waals surface area contributed by atoms with Crippen molar-refractivity contribution in [2.24, 2.45) is 0 Å². The van der Waals surface area contributed by atoms with Crippen LogP contribution in [0.3, 0.4) is 0 Å². The second-order valence-electron chi connectivity index (χ2n) is 6.09. The van der Waals surface area contributed by atoms with Crippen molar-refractivity contribution in [1.82, 2.24) is 0 Å². The second kappa shape index (κ2) is 10.1. The van der Waals surface area contributed by atoms with E-state index in [1.165, 1.54) is 38.3 Å². The van der Waals surface area contributed by atoms with Crippen LogP contribution >= 0.6 is 23.2 Å². The third-order valence-corrected chi connectivity index (χ3v) is 4.40. The smallest absolute Gasteiger partial charge is 0.347 e. The van der Waals surface area contributed by atoms with Crippen molar-refractivity contribution in [3.8, 4) is 11.5 Å². The molecule has 0 radical (unpaired) electrons. The highest BCUT2D eigenvalue weighted by atomic mass is 35.5. The maximum absolute atomic E-state index is 12.1. The molecule has 30 heavy (non-hydrogen) atoms. The summed E-state index contributed by atoms with van der Waals surface area (Å²) in [5.41, 5.74) is 0.498. The Hall–Kier alpha value is -3.04. The van der Waals surface area contributed by atoms with E-state index < -0.39 is 29.5 Å². The number of hydrogen-bond acceptors (Lipinski definition) is 7. The van der Waals surface area contributed by atoms with Gasteiger partial charge in [-0.05, 0) is 37.6 Å². The molecule has 0 spiro atoms. The quantitative estimate of drug-likeness (QED) is 0.359. The molecule has 0 aromatic heterocycles. The number of carbonyl (C=O) groups is 2. The van der Waals surface area contributed by atoms with E-state index in [1.54, 1.807) is 13.0 Å². The molecule has 0 aliphatic rings. The van der Waals surface area contributed by atoms with Crippen LogP contribution in [-0.4, -0.2) is 36.6 Å². The number of halogens is 2. The Kier molecular flexibility index (Phi) is 7.85. The Morgan fingerprint density at radius 1 is 1.20 bits per heavy atom. The molecule has 160 valence electrons. The Bertz CT molecular complexity index is 982. The van der Waals surface area contributed by atoms with Gasteiger partial charge >= 0.3 is 11.7 Å². The number of methoxy groups -OCH3 is 1. The fourth-order valence-electron chi connectivity index (χ4n) is 2.36. The molecule has 0 aliphatic heterocycles. The molecule has 0 aliphatic carbocycles. The van der Waals surface area contributed by atoms with Crippen molar-refractivity contribution in [3.63, 3.8) is 0 Å². The monoisotopic (exact) mass is 456 g/mol. The highest BCUT2D eigenvalue weighted by Gasteiger charge is 2.21. The lowest BCUT2D eigenvalue weighted by Crippen LogP contribution is -2.30. The molecule has 2 aromatic rings. The summed E-state index contributed by atoms with van der Waals surface area (Å²) in [5, 5.41) is 14.2. The van der Waals surface area contributed by atoms with E-state index in [0.29, 0.717) is 10.6 Å². The summed E-state index contributed by atoms with van der Waals surface area (Å²) in [4.78, 5) is 34.6. The zero-order chi connectivity index (χ0) is 22.4. The number of benzene rings is 2. The molecule has 0 fully saturated rings. The number of ether oxygens (including phenoxy) is 3. The van der Waals surface area contributed by atoms with E-state index >= 15 is 0 Å². The summed E-state index contributed by atoms with van der Waals surface area (Å²) in [5.74, 6) is -1.20. The average Bonchev–Trinajstić information content (AvgIpc) is 2.69. The van der Waals surface area contributed by atoms with E-state index in [2.05, 4.69) is 5.32 Å². The van der Waals surface area contributed by atoms with Crippen LogP contribution in [0.25, 0.3) is 0 Å². The van der Waals surface area contributed by atoms with E-state index in [-0.39, 0.29) is 27.9 Å². The normalized spacial score (nSPS) is 11.4. The zero-order valence-electron chi connectivity index (χ0n) is 16.2. The van der Waals surface area contributed by atoms with Crippen molar-refractivity contribution in [3.05, 3.63) is 56.1 Å². The number of rotatable bonds is 8. The van der Waals surface area contributed by atoms with Gasteiger partial charge in [0.2, 0.25) is 0 Å². The number of anilines is 1. The number of nitro benzene ring substituents is 1. The number of nitrogens with zero attached hydrogens (tertiary/aromatic N) is 1. The van der Waals surface area contributed by atoms with Crippen LogP contribution in [0.4, 0.5) is 11.4 Å². The Morgan fingerprint density at radius 2 is 1.90 bits per heavy atom. The predicted octanol–water partition coefficient (Wildman–Crippen LogP) is 4.17. The minimum Gasteiger partial charge on any atom is -0.490 e. The van der Waals surface area contributed by atoms with Crippen LogP contribution in [0.5, 0.6) is 11.5 Å². The molecule has 2 aromatic carbocycles. The lowest BCUT2D eigenvalue weighted by molar-refractivity contribution is -0.385. The number of carbonyl (C=O) groups excluding carboxylic acids is 2. The maximum Gasteiger partial charge on any atom is 0.347 e. The minimum absolute atomic E-state index is 0.0141. The molecule has 0 heterocycles. The molecule has 2 rings (SSSR count). The van der Waals surface area contributed by atoms with Gasteiger partial charge < -0.3 is 19.5 Å². The van der Waals surface area contributed by atoms with Crippen molar-refractivity contribution in [2.45, 2.75) is 20.0 Å². The standard InChI is InChI=1S/C19H18Cl2N2O7/c1-10-6-15(23(26)27)17(28-3)8-14(10)22-18(24)9-29-19(25)11(2)30-16-5-4-12(20)7-13(16)21/h4-8,11H,9H2,1-3H3,(H,22,24)/t11-/m0/s1. The first-order valence-electron chi connectivity index (χ1n) is 8.53. The molecule has 9 nitrogen and oxygen atoms in total. The summed E-state index contributed by atoms with van der Waals surface area (Å²) >= 11 is 11.8. The Balaban J connectivity index is 1.95. The number of esters is 1. The summed E-state index contributed by atoms with van der Waals surface area (Å²) in [6, 6.07) is 7.11. The lowest BCUT2D eigenvalue weighted by atomic mass is 10.1. The Morgan fingerprint density at radius 3 is 2.50 bits per heavy atom. The number of hydrogen-bond donors (Lipinski definition) is 1. The molecule has 0 saturated heterocycles. The van der Waals surface area contributed by atoms with Crippen LogP contribution < -0.4 is 14.8 Å². The zero-order valence-corrected chi connectivity index (χ0v) is 17.7. The second-order valence-corrected chi connectivity index (χ2v) is 6.93. The van der Waals surface area contributed by atoms with Crippen LogP contribution in [0.2, 0.25) is 10.0 Å². The Labute approximate surface area is 182 Å². The first-order valence-corrected chi connectivity index (χ1v) is 9.29. The van der Waals surface area contributed by atoms with Crippen molar-refractivity contribution in [2.75, 3.05) is 19.0 Å². The molecule has 0 saturated carbocycles.